The van der Waals surface area contributed by atoms with Gasteiger partial charge in [0.1, 0.15) is 6.04 Å². The number of nitrogens with zero attached hydrogens (tertiary/aromatic N) is 3. The maximum absolute atomic E-state index is 13.3. The first-order valence-electron chi connectivity index (χ1n) is 11.5. The molecule has 0 bridgehead atoms. The fraction of sp³-hybridized carbons (Fsp3) is 0.346. The van der Waals surface area contributed by atoms with Crippen molar-refractivity contribution in [2.75, 3.05) is 13.1 Å². The zero-order valence-electron chi connectivity index (χ0n) is 19.0. The van der Waals surface area contributed by atoms with Gasteiger partial charge < -0.3 is 5.32 Å². The second-order valence-corrected chi connectivity index (χ2v) is 9.91. The average Bonchev–Trinajstić information content (AvgIpc) is 3.23. The first-order valence-corrected chi connectivity index (χ1v) is 12.3. The van der Waals surface area contributed by atoms with Crippen molar-refractivity contribution in [1.82, 2.24) is 20.0 Å². The summed E-state index contributed by atoms with van der Waals surface area (Å²) in [5.74, 6) is -0.149. The van der Waals surface area contributed by atoms with Crippen LogP contribution in [-0.4, -0.2) is 39.7 Å². The molecule has 7 heteroatoms. The van der Waals surface area contributed by atoms with E-state index in [2.05, 4.69) is 39.6 Å². The molecule has 5 rings (SSSR count). The molecule has 6 nitrogen and oxygen atoms in total. The topological polar surface area (TPSA) is 67.2 Å². The van der Waals surface area contributed by atoms with Crippen LogP contribution < -0.4 is 10.9 Å². The van der Waals surface area contributed by atoms with Crippen LogP contribution in [0.1, 0.15) is 37.1 Å². The zero-order chi connectivity index (χ0) is 22.9. The number of carbonyl (C=O) groups is 1. The maximum Gasteiger partial charge on any atom is 0.276 e. The predicted octanol–water partition coefficient (Wildman–Crippen LogP) is 4.26. The molecule has 0 spiro atoms. The maximum atomic E-state index is 13.3. The molecular formula is C26H28N4O2S. The molecule has 1 aliphatic heterocycles. The van der Waals surface area contributed by atoms with E-state index in [0.29, 0.717) is 5.39 Å². The summed E-state index contributed by atoms with van der Waals surface area (Å²) in [5, 5.41) is 9.27. The van der Waals surface area contributed by atoms with Crippen molar-refractivity contribution in [3.63, 3.8) is 0 Å². The van der Waals surface area contributed by atoms with E-state index < -0.39 is 6.04 Å². The monoisotopic (exact) mass is 460 g/mol. The van der Waals surface area contributed by atoms with Gasteiger partial charge in [-0.2, -0.15) is 5.10 Å². The summed E-state index contributed by atoms with van der Waals surface area (Å²) in [6, 6.07) is 17.8. The van der Waals surface area contributed by atoms with Crippen LogP contribution >= 0.6 is 11.3 Å². The van der Waals surface area contributed by atoms with E-state index in [9.17, 15) is 9.59 Å². The van der Waals surface area contributed by atoms with Crippen molar-refractivity contribution in [2.45, 2.75) is 45.3 Å². The van der Waals surface area contributed by atoms with Crippen molar-refractivity contribution in [1.29, 1.82) is 0 Å². The second-order valence-electron chi connectivity index (χ2n) is 8.86. The van der Waals surface area contributed by atoms with Crippen molar-refractivity contribution >= 4 is 37.4 Å². The van der Waals surface area contributed by atoms with E-state index in [1.807, 2.05) is 37.3 Å². The largest absolute Gasteiger partial charge is 0.351 e. The fourth-order valence-corrected chi connectivity index (χ4v) is 5.79. The van der Waals surface area contributed by atoms with Gasteiger partial charge in [-0.15, -0.1) is 11.3 Å². The Balaban J connectivity index is 1.29. The molecule has 0 radical (unpaired) electrons. The quantitative estimate of drug-likeness (QED) is 0.483. The lowest BCUT2D eigenvalue weighted by Gasteiger charge is -2.33. The molecule has 2 aromatic heterocycles. The number of fused-ring (bicyclic) bond motifs is 3. The SMILES string of the molecule is Cc1nn([C@H](C)C(=O)NC2CCN(Cc3ccccc3)CC2)c(=O)c2c1sc1ccccc12. The highest BCUT2D eigenvalue weighted by Gasteiger charge is 2.26. The van der Waals surface area contributed by atoms with Crippen LogP contribution in [-0.2, 0) is 11.3 Å². The summed E-state index contributed by atoms with van der Waals surface area (Å²) >= 11 is 1.58. The number of aromatic nitrogens is 2. The van der Waals surface area contributed by atoms with Crippen molar-refractivity contribution < 1.29 is 4.79 Å². The van der Waals surface area contributed by atoms with Crippen LogP contribution in [0.5, 0.6) is 0 Å². The van der Waals surface area contributed by atoms with Gasteiger partial charge in [0.2, 0.25) is 5.91 Å². The third-order valence-electron chi connectivity index (χ3n) is 6.53. The molecule has 2 aromatic carbocycles. The number of amides is 1. The number of nitrogens with one attached hydrogen (secondary N) is 1. The Kier molecular flexibility index (Phi) is 6.00. The summed E-state index contributed by atoms with van der Waals surface area (Å²) < 4.78 is 3.32. The minimum Gasteiger partial charge on any atom is -0.351 e. The Labute approximate surface area is 196 Å². The Morgan fingerprint density at radius 3 is 2.58 bits per heavy atom. The summed E-state index contributed by atoms with van der Waals surface area (Å²) in [5.41, 5.74) is 1.89. The van der Waals surface area contributed by atoms with Gasteiger partial charge in [0, 0.05) is 35.8 Å². The van der Waals surface area contributed by atoms with Crippen LogP contribution in [0.4, 0.5) is 0 Å². The van der Waals surface area contributed by atoms with Crippen molar-refractivity contribution in [2.24, 2.45) is 0 Å². The minimum atomic E-state index is -0.665. The van der Waals surface area contributed by atoms with E-state index in [1.165, 1.54) is 10.2 Å². The molecule has 1 fully saturated rings. The highest BCUT2D eigenvalue weighted by atomic mass is 32.1. The zero-order valence-corrected chi connectivity index (χ0v) is 19.8. The Morgan fingerprint density at radius 1 is 1.12 bits per heavy atom. The Hall–Kier alpha value is -3.03. The third-order valence-corrected chi connectivity index (χ3v) is 7.81. The van der Waals surface area contributed by atoms with Gasteiger partial charge in [-0.1, -0.05) is 48.5 Å². The third kappa shape index (κ3) is 4.30. The fourth-order valence-electron chi connectivity index (χ4n) is 4.65. The number of hydrogen-bond donors (Lipinski definition) is 1. The summed E-state index contributed by atoms with van der Waals surface area (Å²) in [6.07, 6.45) is 1.81. The predicted molar refractivity (Wildman–Crippen MR) is 134 cm³/mol. The molecule has 1 aliphatic rings. The normalized spacial score (nSPS) is 16.3. The van der Waals surface area contributed by atoms with E-state index in [0.717, 1.165) is 53.0 Å². The highest BCUT2D eigenvalue weighted by molar-refractivity contribution is 7.26. The molecule has 3 heterocycles. The van der Waals surface area contributed by atoms with E-state index in [1.54, 1.807) is 18.3 Å². The van der Waals surface area contributed by atoms with Gasteiger partial charge in [-0.3, -0.25) is 14.5 Å². The first kappa shape index (κ1) is 21.8. The van der Waals surface area contributed by atoms with Gasteiger partial charge in [0.25, 0.3) is 5.56 Å². The van der Waals surface area contributed by atoms with Crippen LogP contribution in [0.3, 0.4) is 0 Å². The summed E-state index contributed by atoms with van der Waals surface area (Å²) in [4.78, 5) is 28.8. The molecule has 33 heavy (non-hydrogen) atoms. The van der Waals surface area contributed by atoms with Crippen molar-refractivity contribution in [3.05, 3.63) is 76.2 Å². The number of hydrogen-bond acceptors (Lipinski definition) is 5. The Bertz CT molecular complexity index is 1350. The van der Waals surface area contributed by atoms with Gasteiger partial charge in [-0.25, -0.2) is 4.68 Å². The van der Waals surface area contributed by atoms with Gasteiger partial charge in [-0.05, 0) is 38.3 Å². The molecule has 4 aromatic rings. The van der Waals surface area contributed by atoms with E-state index >= 15 is 0 Å². The number of piperidine rings is 1. The van der Waals surface area contributed by atoms with Crippen LogP contribution in [0.15, 0.2) is 59.4 Å². The Morgan fingerprint density at radius 2 is 1.82 bits per heavy atom. The molecule has 1 N–H and O–H groups in total. The van der Waals surface area contributed by atoms with E-state index in [-0.39, 0.29) is 17.5 Å². The molecule has 1 atom stereocenters. The van der Waals surface area contributed by atoms with Gasteiger partial charge >= 0.3 is 0 Å². The second kappa shape index (κ2) is 9.08. The van der Waals surface area contributed by atoms with Crippen molar-refractivity contribution in [3.8, 4) is 0 Å². The van der Waals surface area contributed by atoms with Gasteiger partial charge in [0.05, 0.1) is 15.8 Å². The van der Waals surface area contributed by atoms with Gasteiger partial charge in [0.15, 0.2) is 0 Å². The lowest BCUT2D eigenvalue weighted by Crippen LogP contribution is -2.47. The number of rotatable bonds is 5. The molecule has 1 amide bonds. The van der Waals surface area contributed by atoms with Crippen LogP contribution in [0, 0.1) is 6.92 Å². The standard InChI is InChI=1S/C26H28N4O2S/c1-17-24-23(21-10-6-7-11-22(21)33-24)26(32)30(28-17)18(2)25(31)27-20-12-14-29(15-13-20)16-19-8-4-3-5-9-19/h3-11,18,20H,12-16H2,1-2H3,(H,27,31)/t18-/m1/s1. The number of likely N-dealkylation sites (tertiary alicyclic amines) is 1. The molecule has 170 valence electrons. The molecule has 0 unspecified atom stereocenters. The number of aryl methyl sites for hydroxylation is 1. The molecule has 0 saturated carbocycles. The smallest absolute Gasteiger partial charge is 0.276 e. The minimum absolute atomic E-state index is 0.120. The molecule has 0 aliphatic carbocycles. The van der Waals surface area contributed by atoms with Crippen LogP contribution in [0.25, 0.3) is 20.2 Å². The molecular weight excluding hydrogens is 432 g/mol. The lowest BCUT2D eigenvalue weighted by molar-refractivity contribution is -0.125. The summed E-state index contributed by atoms with van der Waals surface area (Å²) in [7, 11) is 0. The average molecular weight is 461 g/mol. The molecule has 1 saturated heterocycles. The highest BCUT2D eigenvalue weighted by Crippen LogP contribution is 2.32. The number of benzene rings is 2. The lowest BCUT2D eigenvalue weighted by atomic mass is 10.0. The summed E-state index contributed by atoms with van der Waals surface area (Å²) in [6.45, 7) is 6.48. The first-order chi connectivity index (χ1) is 16.0. The number of thiophene rings is 1. The van der Waals surface area contributed by atoms with Crippen LogP contribution in [0.2, 0.25) is 0 Å². The number of carbonyl (C=O) groups excluding carboxylic acids is 1. The van der Waals surface area contributed by atoms with E-state index in [4.69, 9.17) is 0 Å².